The van der Waals surface area contributed by atoms with Crippen LogP contribution in [0.1, 0.15) is 19.8 Å². The lowest BCUT2D eigenvalue weighted by molar-refractivity contribution is -0.116. The molecule has 4 N–H and O–H groups in total. The summed E-state index contributed by atoms with van der Waals surface area (Å²) >= 11 is 0. The molecule has 0 aliphatic carbocycles. The van der Waals surface area contributed by atoms with E-state index in [1.54, 1.807) is 4.90 Å². The van der Waals surface area contributed by atoms with Gasteiger partial charge < -0.3 is 21.1 Å². The third-order valence-electron chi connectivity index (χ3n) is 2.45. The fourth-order valence-corrected chi connectivity index (χ4v) is 1.58. The van der Waals surface area contributed by atoms with E-state index in [4.69, 9.17) is 16.2 Å². The van der Waals surface area contributed by atoms with Crippen molar-refractivity contribution in [1.29, 1.82) is 0 Å². The number of nitrogen functional groups attached to an aromatic ring is 1. The third kappa shape index (κ3) is 3.47. The van der Waals surface area contributed by atoms with Gasteiger partial charge >= 0.3 is 0 Å². The zero-order valence-corrected chi connectivity index (χ0v) is 10.7. The van der Waals surface area contributed by atoms with Crippen molar-refractivity contribution in [2.24, 2.45) is 5.73 Å². The van der Waals surface area contributed by atoms with Crippen molar-refractivity contribution in [2.45, 2.75) is 19.8 Å². The van der Waals surface area contributed by atoms with Crippen molar-refractivity contribution in [3.63, 3.8) is 0 Å². The molecule has 18 heavy (non-hydrogen) atoms. The summed E-state index contributed by atoms with van der Waals surface area (Å²) in [5, 5.41) is 0. The SMILES string of the molecule is CCCCN(CC(N)=O)c1ncnc(OC)c1N. The number of carbonyl (C=O) groups excluding carboxylic acids is 1. The number of hydrogen-bond acceptors (Lipinski definition) is 6. The van der Waals surface area contributed by atoms with Gasteiger partial charge in [-0.25, -0.2) is 4.98 Å². The molecule has 7 heteroatoms. The standard InChI is InChI=1S/C11H19N5O2/c1-3-4-5-16(6-8(12)17)10-9(13)11(18-2)15-7-14-10/h7H,3-6,13H2,1-2H3,(H2,12,17). The Balaban J connectivity index is 2.99. The molecule has 0 fully saturated rings. The number of primary amides is 1. The molecular formula is C11H19N5O2. The Kier molecular flexibility index (Phi) is 5.16. The van der Waals surface area contributed by atoms with Crippen LogP contribution in [0, 0.1) is 0 Å². The van der Waals surface area contributed by atoms with Gasteiger partial charge in [-0.05, 0) is 6.42 Å². The Morgan fingerprint density at radius 2 is 2.22 bits per heavy atom. The minimum Gasteiger partial charge on any atom is -0.479 e. The molecule has 0 aliphatic rings. The average molecular weight is 253 g/mol. The van der Waals surface area contributed by atoms with Gasteiger partial charge in [0, 0.05) is 6.54 Å². The van der Waals surface area contributed by atoms with Crippen molar-refractivity contribution >= 4 is 17.4 Å². The molecule has 0 saturated carbocycles. The zero-order valence-electron chi connectivity index (χ0n) is 10.7. The molecule has 1 amide bonds. The lowest BCUT2D eigenvalue weighted by Gasteiger charge is -2.23. The number of carbonyl (C=O) groups is 1. The first-order valence-electron chi connectivity index (χ1n) is 5.77. The highest BCUT2D eigenvalue weighted by Gasteiger charge is 2.16. The second kappa shape index (κ2) is 6.63. The van der Waals surface area contributed by atoms with Gasteiger partial charge in [0.2, 0.25) is 11.8 Å². The van der Waals surface area contributed by atoms with E-state index in [0.29, 0.717) is 23.9 Å². The van der Waals surface area contributed by atoms with Crippen molar-refractivity contribution < 1.29 is 9.53 Å². The van der Waals surface area contributed by atoms with E-state index in [1.165, 1.54) is 13.4 Å². The van der Waals surface area contributed by atoms with Crippen molar-refractivity contribution in [3.8, 4) is 5.88 Å². The highest BCUT2D eigenvalue weighted by molar-refractivity contribution is 5.81. The van der Waals surface area contributed by atoms with Gasteiger partial charge in [0.05, 0.1) is 13.7 Å². The number of unbranched alkanes of at least 4 members (excludes halogenated alkanes) is 1. The number of amides is 1. The molecule has 1 heterocycles. The lowest BCUT2D eigenvalue weighted by atomic mass is 10.3. The summed E-state index contributed by atoms with van der Waals surface area (Å²) < 4.78 is 5.03. The van der Waals surface area contributed by atoms with E-state index in [9.17, 15) is 4.79 Å². The fraction of sp³-hybridized carbons (Fsp3) is 0.545. The highest BCUT2D eigenvalue weighted by Crippen LogP contribution is 2.27. The predicted molar refractivity (Wildman–Crippen MR) is 69.3 cm³/mol. The van der Waals surface area contributed by atoms with E-state index in [1.807, 2.05) is 0 Å². The molecule has 0 aliphatic heterocycles. The Bertz CT molecular complexity index is 410. The van der Waals surface area contributed by atoms with E-state index in [2.05, 4.69) is 16.9 Å². The van der Waals surface area contributed by atoms with Crippen LogP contribution >= 0.6 is 0 Å². The van der Waals surface area contributed by atoms with Gasteiger partial charge in [0.25, 0.3) is 0 Å². The summed E-state index contributed by atoms with van der Waals surface area (Å²) in [7, 11) is 1.48. The Labute approximate surface area is 106 Å². The van der Waals surface area contributed by atoms with E-state index >= 15 is 0 Å². The molecule has 0 radical (unpaired) electrons. The van der Waals surface area contributed by atoms with Crippen LogP contribution in [0.5, 0.6) is 5.88 Å². The molecule has 0 unspecified atom stereocenters. The van der Waals surface area contributed by atoms with Gasteiger partial charge in [-0.2, -0.15) is 4.98 Å². The zero-order chi connectivity index (χ0) is 13.5. The Morgan fingerprint density at radius 1 is 1.50 bits per heavy atom. The molecule has 1 rings (SSSR count). The molecule has 0 saturated heterocycles. The summed E-state index contributed by atoms with van der Waals surface area (Å²) in [6.07, 6.45) is 3.26. The number of nitrogens with zero attached hydrogens (tertiary/aromatic N) is 3. The molecule has 7 nitrogen and oxygen atoms in total. The highest BCUT2D eigenvalue weighted by atomic mass is 16.5. The van der Waals surface area contributed by atoms with Crippen LogP contribution in [-0.2, 0) is 4.79 Å². The number of hydrogen-bond donors (Lipinski definition) is 2. The van der Waals surface area contributed by atoms with E-state index < -0.39 is 5.91 Å². The van der Waals surface area contributed by atoms with E-state index in [0.717, 1.165) is 12.8 Å². The summed E-state index contributed by atoms with van der Waals surface area (Å²) in [5.41, 5.74) is 11.4. The van der Waals surface area contributed by atoms with Gasteiger partial charge in [0.1, 0.15) is 12.0 Å². The van der Waals surface area contributed by atoms with Crippen LogP contribution in [0.3, 0.4) is 0 Å². The molecule has 0 atom stereocenters. The van der Waals surface area contributed by atoms with Gasteiger partial charge in [-0.15, -0.1) is 0 Å². The second-order valence-electron chi connectivity index (χ2n) is 3.86. The van der Waals surface area contributed by atoms with Crippen LogP contribution in [0.15, 0.2) is 6.33 Å². The summed E-state index contributed by atoms with van der Waals surface area (Å²) in [4.78, 5) is 20.8. The van der Waals surface area contributed by atoms with Crippen LogP contribution in [0.2, 0.25) is 0 Å². The number of rotatable bonds is 7. The maximum Gasteiger partial charge on any atom is 0.242 e. The molecule has 0 aromatic carbocycles. The maximum absolute atomic E-state index is 11.1. The van der Waals surface area contributed by atoms with Crippen LogP contribution in [0.25, 0.3) is 0 Å². The molecule has 100 valence electrons. The van der Waals surface area contributed by atoms with Crippen LogP contribution < -0.4 is 21.1 Å². The van der Waals surface area contributed by atoms with Crippen LogP contribution in [-0.4, -0.2) is 36.1 Å². The number of aromatic nitrogens is 2. The molecule has 1 aromatic rings. The van der Waals surface area contributed by atoms with Crippen molar-refractivity contribution in [3.05, 3.63) is 6.33 Å². The van der Waals surface area contributed by atoms with Gasteiger partial charge in [0.15, 0.2) is 5.82 Å². The minimum atomic E-state index is -0.428. The Hall–Kier alpha value is -2.05. The van der Waals surface area contributed by atoms with Gasteiger partial charge in [-0.3, -0.25) is 4.79 Å². The van der Waals surface area contributed by atoms with Crippen molar-refractivity contribution in [1.82, 2.24) is 9.97 Å². The first-order chi connectivity index (χ1) is 8.60. The van der Waals surface area contributed by atoms with Crippen molar-refractivity contribution in [2.75, 3.05) is 30.8 Å². The quantitative estimate of drug-likeness (QED) is 0.716. The number of methoxy groups -OCH3 is 1. The smallest absolute Gasteiger partial charge is 0.242 e. The largest absolute Gasteiger partial charge is 0.479 e. The lowest BCUT2D eigenvalue weighted by Crippen LogP contribution is -2.35. The number of nitrogens with two attached hydrogens (primary N) is 2. The summed E-state index contributed by atoms with van der Waals surface area (Å²) in [5.74, 6) is 0.350. The Morgan fingerprint density at radius 3 is 2.78 bits per heavy atom. The van der Waals surface area contributed by atoms with E-state index in [-0.39, 0.29) is 6.54 Å². The monoisotopic (exact) mass is 253 g/mol. The number of ether oxygens (including phenoxy) is 1. The summed E-state index contributed by atoms with van der Waals surface area (Å²) in [6.45, 7) is 2.79. The second-order valence-corrected chi connectivity index (χ2v) is 3.86. The van der Waals surface area contributed by atoms with Crippen LogP contribution in [0.4, 0.5) is 11.5 Å². The normalized spacial score (nSPS) is 10.1. The van der Waals surface area contributed by atoms with Gasteiger partial charge in [-0.1, -0.05) is 13.3 Å². The topological polar surface area (TPSA) is 107 Å². The fourth-order valence-electron chi connectivity index (χ4n) is 1.58. The third-order valence-corrected chi connectivity index (χ3v) is 2.45. The predicted octanol–water partition coefficient (Wildman–Crippen LogP) is 0.159. The molecule has 1 aromatic heterocycles. The number of anilines is 2. The molecular weight excluding hydrogens is 234 g/mol. The maximum atomic E-state index is 11.1. The molecule has 0 bridgehead atoms. The summed E-state index contributed by atoms with van der Waals surface area (Å²) in [6, 6.07) is 0. The average Bonchev–Trinajstić information content (AvgIpc) is 2.34. The first-order valence-corrected chi connectivity index (χ1v) is 5.77. The molecule has 0 spiro atoms. The minimum absolute atomic E-state index is 0.0738. The first kappa shape index (κ1) is 14.0.